The van der Waals surface area contributed by atoms with Gasteiger partial charge in [0.1, 0.15) is 0 Å². The van der Waals surface area contributed by atoms with Gasteiger partial charge < -0.3 is 10.1 Å². The molecule has 1 N–H and O–H groups in total. The van der Waals surface area contributed by atoms with Crippen molar-refractivity contribution in [3.63, 3.8) is 0 Å². The minimum Gasteiger partial charge on any atom is -0.379 e. The van der Waals surface area contributed by atoms with Crippen LogP contribution in [0.4, 0.5) is 0 Å². The lowest BCUT2D eigenvalue weighted by atomic mass is 10.3. The summed E-state index contributed by atoms with van der Waals surface area (Å²) in [6, 6.07) is 0.602. The zero-order valence-electron chi connectivity index (χ0n) is 10.00. The SMILES string of the molecule is CSCCCNC(C)CN1CCOCC1. The zero-order chi connectivity index (χ0) is 10.9. The van der Waals surface area contributed by atoms with Gasteiger partial charge in [-0.1, -0.05) is 0 Å². The third-order valence-electron chi connectivity index (χ3n) is 2.65. The fourth-order valence-corrected chi connectivity index (χ4v) is 2.23. The molecule has 15 heavy (non-hydrogen) atoms. The minimum absolute atomic E-state index is 0.602. The van der Waals surface area contributed by atoms with E-state index in [-0.39, 0.29) is 0 Å². The van der Waals surface area contributed by atoms with Crippen molar-refractivity contribution in [1.29, 1.82) is 0 Å². The van der Waals surface area contributed by atoms with Crippen LogP contribution in [0.3, 0.4) is 0 Å². The number of hydrogen-bond acceptors (Lipinski definition) is 4. The van der Waals surface area contributed by atoms with Gasteiger partial charge in [0.25, 0.3) is 0 Å². The lowest BCUT2D eigenvalue weighted by Gasteiger charge is -2.29. The van der Waals surface area contributed by atoms with Gasteiger partial charge in [-0.3, -0.25) is 4.90 Å². The lowest BCUT2D eigenvalue weighted by molar-refractivity contribution is 0.0344. The van der Waals surface area contributed by atoms with E-state index in [1.807, 2.05) is 11.8 Å². The Morgan fingerprint density at radius 3 is 2.80 bits per heavy atom. The van der Waals surface area contributed by atoms with Gasteiger partial charge in [-0.25, -0.2) is 0 Å². The minimum atomic E-state index is 0.602. The van der Waals surface area contributed by atoms with Crippen molar-refractivity contribution in [1.82, 2.24) is 10.2 Å². The van der Waals surface area contributed by atoms with Crippen LogP contribution >= 0.6 is 11.8 Å². The summed E-state index contributed by atoms with van der Waals surface area (Å²) in [5.74, 6) is 1.26. The van der Waals surface area contributed by atoms with Gasteiger partial charge in [-0.05, 0) is 31.9 Å². The lowest BCUT2D eigenvalue weighted by Crippen LogP contribution is -2.44. The first-order valence-corrected chi connectivity index (χ1v) is 7.24. The average Bonchev–Trinajstić information content (AvgIpc) is 2.26. The Labute approximate surface area is 97.9 Å². The molecule has 1 rings (SSSR count). The maximum absolute atomic E-state index is 5.33. The molecule has 0 saturated carbocycles. The Morgan fingerprint density at radius 2 is 2.13 bits per heavy atom. The summed E-state index contributed by atoms with van der Waals surface area (Å²) in [5, 5.41) is 3.57. The van der Waals surface area contributed by atoms with Crippen LogP contribution in [-0.2, 0) is 4.74 Å². The molecule has 1 fully saturated rings. The molecule has 4 heteroatoms. The zero-order valence-corrected chi connectivity index (χ0v) is 10.8. The monoisotopic (exact) mass is 232 g/mol. The molecule has 1 aliphatic heterocycles. The summed E-state index contributed by atoms with van der Waals surface area (Å²) >= 11 is 1.92. The normalized spacial score (nSPS) is 20.4. The highest BCUT2D eigenvalue weighted by atomic mass is 32.2. The van der Waals surface area contributed by atoms with Crippen LogP contribution in [0.1, 0.15) is 13.3 Å². The van der Waals surface area contributed by atoms with Crippen LogP contribution in [0.25, 0.3) is 0 Å². The second-order valence-electron chi connectivity index (χ2n) is 4.11. The molecule has 1 aliphatic rings. The van der Waals surface area contributed by atoms with Gasteiger partial charge >= 0.3 is 0 Å². The Kier molecular flexibility index (Phi) is 7.44. The molecule has 0 amide bonds. The van der Waals surface area contributed by atoms with Crippen LogP contribution in [0, 0.1) is 0 Å². The third kappa shape index (κ3) is 6.40. The Bertz CT molecular complexity index is 152. The van der Waals surface area contributed by atoms with Crippen molar-refractivity contribution in [2.24, 2.45) is 0 Å². The summed E-state index contributed by atoms with van der Waals surface area (Å²) in [6.45, 7) is 8.57. The number of morpholine rings is 1. The van der Waals surface area contributed by atoms with E-state index in [0.717, 1.165) is 39.4 Å². The molecule has 1 heterocycles. The largest absolute Gasteiger partial charge is 0.379 e. The fourth-order valence-electron chi connectivity index (χ4n) is 1.80. The average molecular weight is 232 g/mol. The summed E-state index contributed by atoms with van der Waals surface area (Å²) in [5.41, 5.74) is 0. The molecule has 0 spiro atoms. The highest BCUT2D eigenvalue weighted by molar-refractivity contribution is 7.98. The van der Waals surface area contributed by atoms with Gasteiger partial charge in [-0.15, -0.1) is 0 Å². The summed E-state index contributed by atoms with van der Waals surface area (Å²) in [7, 11) is 0. The number of rotatable bonds is 7. The maximum Gasteiger partial charge on any atom is 0.0594 e. The number of nitrogens with zero attached hydrogens (tertiary/aromatic N) is 1. The van der Waals surface area contributed by atoms with Crippen molar-refractivity contribution >= 4 is 11.8 Å². The van der Waals surface area contributed by atoms with Gasteiger partial charge in [0.2, 0.25) is 0 Å². The van der Waals surface area contributed by atoms with Gasteiger partial charge in [-0.2, -0.15) is 11.8 Å². The molecule has 0 aliphatic carbocycles. The summed E-state index contributed by atoms with van der Waals surface area (Å²) in [6.07, 6.45) is 3.44. The molecule has 0 aromatic rings. The van der Waals surface area contributed by atoms with Crippen LogP contribution in [0.5, 0.6) is 0 Å². The molecule has 3 nitrogen and oxygen atoms in total. The van der Waals surface area contributed by atoms with E-state index in [0.29, 0.717) is 6.04 Å². The molecule has 90 valence electrons. The first kappa shape index (κ1) is 13.3. The Hall–Kier alpha value is 0.230. The molecule has 0 aromatic heterocycles. The van der Waals surface area contributed by atoms with Crippen molar-refractivity contribution in [3.8, 4) is 0 Å². The number of nitrogens with one attached hydrogen (secondary N) is 1. The first-order valence-electron chi connectivity index (χ1n) is 5.85. The second-order valence-corrected chi connectivity index (χ2v) is 5.10. The molecule has 1 saturated heterocycles. The van der Waals surface area contributed by atoms with Crippen LogP contribution in [0.15, 0.2) is 0 Å². The maximum atomic E-state index is 5.33. The van der Waals surface area contributed by atoms with Crippen molar-refractivity contribution in [2.75, 3.05) is 51.4 Å². The van der Waals surface area contributed by atoms with E-state index < -0.39 is 0 Å². The standard InChI is InChI=1S/C11H24N2OS/c1-11(12-4-3-9-15-2)10-13-5-7-14-8-6-13/h11-12H,3-10H2,1-2H3. The van der Waals surface area contributed by atoms with Crippen molar-refractivity contribution in [3.05, 3.63) is 0 Å². The van der Waals surface area contributed by atoms with E-state index in [9.17, 15) is 0 Å². The van der Waals surface area contributed by atoms with E-state index in [2.05, 4.69) is 23.4 Å². The van der Waals surface area contributed by atoms with Crippen LogP contribution in [-0.4, -0.2) is 62.3 Å². The van der Waals surface area contributed by atoms with E-state index in [1.54, 1.807) is 0 Å². The third-order valence-corrected chi connectivity index (χ3v) is 3.35. The number of thioether (sulfide) groups is 1. The Morgan fingerprint density at radius 1 is 1.40 bits per heavy atom. The molecular formula is C11H24N2OS. The number of hydrogen-bond donors (Lipinski definition) is 1. The highest BCUT2D eigenvalue weighted by Gasteiger charge is 2.12. The summed E-state index contributed by atoms with van der Waals surface area (Å²) in [4.78, 5) is 2.48. The topological polar surface area (TPSA) is 24.5 Å². The predicted molar refractivity (Wildman–Crippen MR) is 67.7 cm³/mol. The Balaban J connectivity index is 1.98. The fraction of sp³-hybridized carbons (Fsp3) is 1.00. The van der Waals surface area contributed by atoms with Gasteiger partial charge in [0, 0.05) is 25.7 Å². The van der Waals surface area contributed by atoms with E-state index >= 15 is 0 Å². The molecule has 1 unspecified atom stereocenters. The first-order chi connectivity index (χ1) is 7.33. The van der Waals surface area contributed by atoms with Crippen LogP contribution in [0.2, 0.25) is 0 Å². The van der Waals surface area contributed by atoms with E-state index in [4.69, 9.17) is 4.74 Å². The van der Waals surface area contributed by atoms with Gasteiger partial charge in [0.15, 0.2) is 0 Å². The molecular weight excluding hydrogens is 208 g/mol. The van der Waals surface area contributed by atoms with Crippen molar-refractivity contribution < 1.29 is 4.74 Å². The van der Waals surface area contributed by atoms with Crippen molar-refractivity contribution in [2.45, 2.75) is 19.4 Å². The molecule has 0 radical (unpaired) electrons. The summed E-state index contributed by atoms with van der Waals surface area (Å²) < 4.78 is 5.33. The van der Waals surface area contributed by atoms with Crippen LogP contribution < -0.4 is 5.32 Å². The second kappa shape index (κ2) is 8.39. The quantitative estimate of drug-likeness (QED) is 0.663. The highest BCUT2D eigenvalue weighted by Crippen LogP contribution is 1.99. The number of ether oxygens (including phenoxy) is 1. The van der Waals surface area contributed by atoms with Gasteiger partial charge in [0.05, 0.1) is 13.2 Å². The molecule has 1 atom stereocenters. The van der Waals surface area contributed by atoms with E-state index in [1.165, 1.54) is 12.2 Å². The molecule has 0 aromatic carbocycles. The predicted octanol–water partition coefficient (Wildman–Crippen LogP) is 1.05. The smallest absolute Gasteiger partial charge is 0.0594 e. The molecule has 0 bridgehead atoms.